The molecule has 1 unspecified atom stereocenters. The summed E-state index contributed by atoms with van der Waals surface area (Å²) in [6.07, 6.45) is 0.731. The molecule has 2 N–H and O–H groups in total. The number of likely N-dealkylation sites (tertiary alicyclic amines) is 1. The summed E-state index contributed by atoms with van der Waals surface area (Å²) in [5.41, 5.74) is 0.0453. The Bertz CT molecular complexity index is 660. The average molecular weight is 248 g/mol. The molecule has 0 aliphatic carbocycles. The highest BCUT2D eigenvalue weighted by Crippen LogP contribution is 2.14. The highest BCUT2D eigenvalue weighted by atomic mass is 16.2. The quantitative estimate of drug-likeness (QED) is 0.715. The van der Waals surface area contributed by atoms with Crippen LogP contribution in [0.15, 0.2) is 16.9 Å². The van der Waals surface area contributed by atoms with Gasteiger partial charge in [0.1, 0.15) is 11.9 Å². The molecule has 1 aliphatic heterocycles. The first-order valence-electron chi connectivity index (χ1n) is 5.61. The minimum absolute atomic E-state index is 0.0384. The number of carbonyl (C=O) groups is 1. The van der Waals surface area contributed by atoms with Crippen molar-refractivity contribution in [1.82, 2.24) is 24.7 Å². The zero-order valence-electron chi connectivity index (χ0n) is 9.75. The lowest BCUT2D eigenvalue weighted by Gasteiger charge is -2.12. The normalized spacial score (nSPS) is 19.7. The van der Waals surface area contributed by atoms with Crippen LogP contribution in [-0.4, -0.2) is 50.3 Å². The molecular formula is C10H12N6O2. The van der Waals surface area contributed by atoms with Gasteiger partial charge in [-0.25, -0.2) is 9.89 Å². The Morgan fingerprint density at radius 2 is 2.28 bits per heavy atom. The molecule has 2 aromatic rings. The molecule has 0 bridgehead atoms. The van der Waals surface area contributed by atoms with E-state index in [1.165, 1.54) is 0 Å². The maximum atomic E-state index is 11.7. The third-order valence-corrected chi connectivity index (χ3v) is 3.02. The first-order chi connectivity index (χ1) is 8.65. The van der Waals surface area contributed by atoms with Crippen LogP contribution in [0.2, 0.25) is 0 Å². The van der Waals surface area contributed by atoms with E-state index in [-0.39, 0.29) is 11.9 Å². The summed E-state index contributed by atoms with van der Waals surface area (Å²) < 4.78 is 1.16. The molecule has 18 heavy (non-hydrogen) atoms. The molecule has 1 fully saturated rings. The fourth-order valence-electron chi connectivity index (χ4n) is 2.01. The molecule has 1 atom stereocenters. The van der Waals surface area contributed by atoms with Gasteiger partial charge in [0.05, 0.1) is 0 Å². The van der Waals surface area contributed by atoms with Crippen molar-refractivity contribution in [1.29, 1.82) is 0 Å². The van der Waals surface area contributed by atoms with Crippen LogP contribution in [0.25, 0.3) is 5.65 Å². The molecule has 8 heteroatoms. The number of H-pyrrole nitrogens is 1. The average Bonchev–Trinajstić information content (AvgIpc) is 2.88. The van der Waals surface area contributed by atoms with Crippen LogP contribution >= 0.6 is 0 Å². The molecule has 1 saturated heterocycles. The van der Waals surface area contributed by atoms with Crippen molar-refractivity contribution in [2.75, 3.05) is 18.9 Å². The van der Waals surface area contributed by atoms with E-state index in [1.54, 1.807) is 24.1 Å². The van der Waals surface area contributed by atoms with Crippen molar-refractivity contribution in [2.45, 2.75) is 12.5 Å². The summed E-state index contributed by atoms with van der Waals surface area (Å²) in [6.45, 7) is 0.727. The van der Waals surface area contributed by atoms with Crippen LogP contribution in [0, 0.1) is 0 Å². The predicted octanol–water partition coefficient (Wildman–Crippen LogP) is -0.940. The Balaban J connectivity index is 1.89. The standard InChI is InChI=1S/C10H12N6O2/c1-15-5-4-6(9(15)17)11-7-2-3-8-12-13-10(18)16(8)14-7/h2-3,6H,4-5H2,1H3,(H,11,14)(H,13,18). The molecule has 8 nitrogen and oxygen atoms in total. The van der Waals surface area contributed by atoms with Gasteiger partial charge in [-0.05, 0) is 18.6 Å². The van der Waals surface area contributed by atoms with Crippen LogP contribution in [0.5, 0.6) is 0 Å². The minimum Gasteiger partial charge on any atom is -0.357 e. The van der Waals surface area contributed by atoms with Gasteiger partial charge < -0.3 is 10.2 Å². The summed E-state index contributed by atoms with van der Waals surface area (Å²) in [7, 11) is 1.77. The first kappa shape index (κ1) is 10.8. The van der Waals surface area contributed by atoms with Crippen LogP contribution in [-0.2, 0) is 4.79 Å². The summed E-state index contributed by atoms with van der Waals surface area (Å²) >= 11 is 0. The molecule has 0 radical (unpaired) electrons. The van der Waals surface area contributed by atoms with E-state index in [9.17, 15) is 9.59 Å². The van der Waals surface area contributed by atoms with Crippen molar-refractivity contribution in [3.63, 3.8) is 0 Å². The van der Waals surface area contributed by atoms with Gasteiger partial charge in [-0.3, -0.25) is 4.79 Å². The lowest BCUT2D eigenvalue weighted by atomic mass is 10.2. The lowest BCUT2D eigenvalue weighted by Crippen LogP contribution is -2.31. The van der Waals surface area contributed by atoms with E-state index in [4.69, 9.17) is 0 Å². The van der Waals surface area contributed by atoms with Crippen LogP contribution in [0.4, 0.5) is 5.82 Å². The molecule has 3 rings (SSSR count). The number of nitrogens with one attached hydrogen (secondary N) is 2. The fourth-order valence-corrected chi connectivity index (χ4v) is 2.01. The molecule has 0 spiro atoms. The molecule has 3 heterocycles. The summed E-state index contributed by atoms with van der Waals surface area (Å²) in [4.78, 5) is 24.8. The Hall–Kier alpha value is -2.38. The number of rotatable bonds is 2. The van der Waals surface area contributed by atoms with E-state index < -0.39 is 5.69 Å². The molecule has 2 aromatic heterocycles. The van der Waals surface area contributed by atoms with E-state index in [0.29, 0.717) is 11.5 Å². The number of amides is 1. The van der Waals surface area contributed by atoms with E-state index in [1.807, 2.05) is 0 Å². The largest absolute Gasteiger partial charge is 0.364 e. The lowest BCUT2D eigenvalue weighted by molar-refractivity contribution is -0.127. The number of nitrogens with zero attached hydrogens (tertiary/aromatic N) is 4. The second-order valence-corrected chi connectivity index (χ2v) is 4.26. The Morgan fingerprint density at radius 3 is 3.00 bits per heavy atom. The monoisotopic (exact) mass is 248 g/mol. The zero-order valence-corrected chi connectivity index (χ0v) is 9.75. The molecule has 0 aromatic carbocycles. The number of anilines is 1. The molecular weight excluding hydrogens is 236 g/mol. The fraction of sp³-hybridized carbons (Fsp3) is 0.400. The highest BCUT2D eigenvalue weighted by molar-refractivity contribution is 5.86. The van der Waals surface area contributed by atoms with Crippen molar-refractivity contribution >= 4 is 17.4 Å². The van der Waals surface area contributed by atoms with E-state index >= 15 is 0 Å². The van der Waals surface area contributed by atoms with E-state index in [2.05, 4.69) is 20.6 Å². The number of carbonyl (C=O) groups excluding carboxylic acids is 1. The Morgan fingerprint density at radius 1 is 1.44 bits per heavy atom. The number of hydrogen-bond acceptors (Lipinski definition) is 5. The maximum Gasteiger partial charge on any atom is 0.364 e. The van der Waals surface area contributed by atoms with Crippen LogP contribution < -0.4 is 11.0 Å². The van der Waals surface area contributed by atoms with E-state index in [0.717, 1.165) is 17.5 Å². The van der Waals surface area contributed by atoms with Crippen LogP contribution in [0.1, 0.15) is 6.42 Å². The number of aromatic nitrogens is 4. The van der Waals surface area contributed by atoms with Gasteiger partial charge in [-0.1, -0.05) is 0 Å². The van der Waals surface area contributed by atoms with Crippen LogP contribution in [0.3, 0.4) is 0 Å². The molecule has 94 valence electrons. The smallest absolute Gasteiger partial charge is 0.357 e. The topological polar surface area (TPSA) is 95.4 Å². The third kappa shape index (κ3) is 1.62. The molecule has 1 amide bonds. The summed E-state index contributed by atoms with van der Waals surface area (Å²) in [5, 5.41) is 13.2. The third-order valence-electron chi connectivity index (χ3n) is 3.02. The SMILES string of the molecule is CN1CCC(Nc2ccc3n[nH]c(=O)n3n2)C1=O. The second-order valence-electron chi connectivity index (χ2n) is 4.26. The van der Waals surface area contributed by atoms with Gasteiger partial charge in [0.2, 0.25) is 5.91 Å². The number of fused-ring (bicyclic) bond motifs is 1. The number of hydrogen-bond donors (Lipinski definition) is 2. The Kier molecular flexibility index (Phi) is 2.29. The maximum absolute atomic E-state index is 11.7. The van der Waals surface area contributed by atoms with Gasteiger partial charge >= 0.3 is 5.69 Å². The van der Waals surface area contributed by atoms with Crippen molar-refractivity contribution in [3.05, 3.63) is 22.6 Å². The van der Waals surface area contributed by atoms with Gasteiger partial charge in [0.25, 0.3) is 0 Å². The summed E-state index contributed by atoms with van der Waals surface area (Å²) in [6, 6.07) is 3.08. The van der Waals surface area contributed by atoms with Gasteiger partial charge in [0.15, 0.2) is 5.65 Å². The first-order valence-corrected chi connectivity index (χ1v) is 5.61. The minimum atomic E-state index is -0.400. The predicted molar refractivity (Wildman–Crippen MR) is 63.3 cm³/mol. The zero-order chi connectivity index (χ0) is 12.7. The highest BCUT2D eigenvalue weighted by Gasteiger charge is 2.29. The summed E-state index contributed by atoms with van der Waals surface area (Å²) in [5.74, 6) is 0.524. The number of likely N-dealkylation sites (N-methyl/N-ethyl adjacent to an activating group) is 1. The molecule has 0 saturated carbocycles. The number of aromatic amines is 1. The van der Waals surface area contributed by atoms with Crippen molar-refractivity contribution in [2.24, 2.45) is 0 Å². The molecule has 1 aliphatic rings. The Labute approximate surface area is 102 Å². The van der Waals surface area contributed by atoms with Crippen molar-refractivity contribution in [3.8, 4) is 0 Å². The second kappa shape index (κ2) is 3.83. The van der Waals surface area contributed by atoms with Crippen molar-refractivity contribution < 1.29 is 4.79 Å². The van der Waals surface area contributed by atoms with Gasteiger partial charge in [-0.15, -0.1) is 5.10 Å². The van der Waals surface area contributed by atoms with Gasteiger partial charge in [-0.2, -0.15) is 9.61 Å². The van der Waals surface area contributed by atoms with Gasteiger partial charge in [0, 0.05) is 13.6 Å².